The Kier molecular flexibility index (Phi) is 2.75. The fourth-order valence-corrected chi connectivity index (χ4v) is 1.68. The molecule has 0 fully saturated rings. The highest BCUT2D eigenvalue weighted by atomic mass is 19.1. The Bertz CT molecular complexity index is 581. The molecule has 0 saturated heterocycles. The van der Waals surface area contributed by atoms with Crippen molar-refractivity contribution >= 4 is 5.69 Å². The van der Waals surface area contributed by atoms with Crippen molar-refractivity contribution < 1.29 is 4.39 Å². The summed E-state index contributed by atoms with van der Waals surface area (Å²) in [7, 11) is 0. The molecule has 17 heavy (non-hydrogen) atoms. The first-order valence-electron chi connectivity index (χ1n) is 5.37. The molecular weight excluding hydrogens is 221 g/mol. The summed E-state index contributed by atoms with van der Waals surface area (Å²) in [5.41, 5.74) is 6.90. The van der Waals surface area contributed by atoms with E-state index in [4.69, 9.17) is 5.73 Å². The average Bonchev–Trinajstić information content (AvgIpc) is 2.58. The summed E-state index contributed by atoms with van der Waals surface area (Å²) < 4.78 is 14.1. The van der Waals surface area contributed by atoms with Gasteiger partial charge in [-0.15, -0.1) is 0 Å². The third-order valence-electron chi connectivity index (χ3n) is 2.62. The van der Waals surface area contributed by atoms with Gasteiger partial charge in [-0.2, -0.15) is 0 Å². The summed E-state index contributed by atoms with van der Waals surface area (Å²) >= 11 is 0. The van der Waals surface area contributed by atoms with E-state index in [1.807, 2.05) is 13.8 Å². The van der Waals surface area contributed by atoms with Gasteiger partial charge in [0.1, 0.15) is 11.5 Å². The molecule has 0 aliphatic heterocycles. The standard InChI is InChI=1S/C12H14FN3O/c1-7(2)11-10(14)12(17)16(15-11)9-5-3-8(13)4-6-9/h3-7,15H,14H2,1-2H3. The second kappa shape index (κ2) is 4.08. The number of H-pyrrole nitrogens is 1. The first-order valence-corrected chi connectivity index (χ1v) is 5.37. The first-order chi connectivity index (χ1) is 8.00. The highest BCUT2D eigenvalue weighted by Gasteiger charge is 2.14. The molecule has 2 rings (SSSR count). The van der Waals surface area contributed by atoms with Crippen molar-refractivity contribution in [3.05, 3.63) is 46.1 Å². The minimum atomic E-state index is -0.342. The summed E-state index contributed by atoms with van der Waals surface area (Å²) in [6.45, 7) is 3.88. The van der Waals surface area contributed by atoms with Gasteiger partial charge in [-0.3, -0.25) is 9.89 Å². The highest BCUT2D eigenvalue weighted by Crippen LogP contribution is 2.17. The van der Waals surface area contributed by atoms with Crippen molar-refractivity contribution in [3.63, 3.8) is 0 Å². The van der Waals surface area contributed by atoms with Crippen molar-refractivity contribution in [1.82, 2.24) is 9.78 Å². The van der Waals surface area contributed by atoms with Crippen molar-refractivity contribution in [2.75, 3.05) is 5.73 Å². The molecule has 2 aromatic rings. The van der Waals surface area contributed by atoms with Gasteiger partial charge in [-0.1, -0.05) is 13.8 Å². The van der Waals surface area contributed by atoms with Crippen LogP contribution in [0, 0.1) is 5.82 Å². The first kappa shape index (κ1) is 11.4. The fourth-order valence-electron chi connectivity index (χ4n) is 1.68. The van der Waals surface area contributed by atoms with Gasteiger partial charge < -0.3 is 5.73 Å². The highest BCUT2D eigenvalue weighted by molar-refractivity contribution is 5.45. The van der Waals surface area contributed by atoms with Crippen molar-refractivity contribution in [2.45, 2.75) is 19.8 Å². The van der Waals surface area contributed by atoms with E-state index in [1.54, 1.807) is 0 Å². The smallest absolute Gasteiger partial charge is 0.294 e. The Hall–Kier alpha value is -2.04. The number of nitrogen functional groups attached to an aromatic ring is 1. The van der Waals surface area contributed by atoms with E-state index in [1.165, 1.54) is 28.9 Å². The lowest BCUT2D eigenvalue weighted by molar-refractivity contribution is 0.626. The van der Waals surface area contributed by atoms with Crippen molar-refractivity contribution in [3.8, 4) is 5.69 Å². The number of aromatic amines is 1. The number of nitrogens with two attached hydrogens (primary N) is 1. The van der Waals surface area contributed by atoms with E-state index in [9.17, 15) is 9.18 Å². The van der Waals surface area contributed by atoms with Crippen LogP contribution in [0.3, 0.4) is 0 Å². The van der Waals surface area contributed by atoms with Crippen LogP contribution >= 0.6 is 0 Å². The maximum atomic E-state index is 12.8. The third kappa shape index (κ3) is 1.95. The van der Waals surface area contributed by atoms with Crippen LogP contribution in [0.25, 0.3) is 5.69 Å². The minimum Gasteiger partial charge on any atom is -0.393 e. The molecular formula is C12H14FN3O. The van der Waals surface area contributed by atoms with Crippen LogP contribution in [0.4, 0.5) is 10.1 Å². The van der Waals surface area contributed by atoms with Crippen LogP contribution in [0.15, 0.2) is 29.1 Å². The van der Waals surface area contributed by atoms with Gasteiger partial charge in [0, 0.05) is 0 Å². The Morgan fingerprint density at radius 2 is 1.88 bits per heavy atom. The van der Waals surface area contributed by atoms with Gasteiger partial charge in [0.25, 0.3) is 5.56 Å². The summed E-state index contributed by atoms with van der Waals surface area (Å²) in [5.74, 6) is -0.213. The second-order valence-electron chi connectivity index (χ2n) is 4.21. The normalized spacial score (nSPS) is 11.1. The molecule has 0 atom stereocenters. The maximum absolute atomic E-state index is 12.8. The summed E-state index contributed by atoms with van der Waals surface area (Å²) in [6.07, 6.45) is 0. The molecule has 1 aromatic carbocycles. The zero-order chi connectivity index (χ0) is 12.6. The van der Waals surface area contributed by atoms with E-state index < -0.39 is 0 Å². The summed E-state index contributed by atoms with van der Waals surface area (Å²) in [6, 6.07) is 5.65. The molecule has 0 spiro atoms. The number of hydrogen-bond donors (Lipinski definition) is 2. The Balaban J connectivity index is 2.57. The average molecular weight is 235 g/mol. The zero-order valence-corrected chi connectivity index (χ0v) is 9.70. The number of hydrogen-bond acceptors (Lipinski definition) is 2. The molecule has 0 aliphatic carbocycles. The van der Waals surface area contributed by atoms with E-state index in [2.05, 4.69) is 5.10 Å². The lowest BCUT2D eigenvalue weighted by Crippen LogP contribution is -2.16. The van der Waals surface area contributed by atoms with Gasteiger partial charge in [-0.05, 0) is 30.2 Å². The molecule has 4 nitrogen and oxygen atoms in total. The van der Waals surface area contributed by atoms with E-state index in [0.717, 1.165) is 0 Å². The number of benzene rings is 1. The van der Waals surface area contributed by atoms with E-state index >= 15 is 0 Å². The molecule has 1 aromatic heterocycles. The molecule has 0 amide bonds. The number of rotatable bonds is 2. The monoisotopic (exact) mass is 235 g/mol. The van der Waals surface area contributed by atoms with Crippen LogP contribution in [-0.2, 0) is 0 Å². The van der Waals surface area contributed by atoms with Gasteiger partial charge in [0.05, 0.1) is 11.4 Å². The van der Waals surface area contributed by atoms with E-state index in [-0.39, 0.29) is 23.0 Å². The second-order valence-corrected chi connectivity index (χ2v) is 4.21. The number of nitrogens with one attached hydrogen (secondary N) is 1. The number of anilines is 1. The third-order valence-corrected chi connectivity index (χ3v) is 2.62. The fraction of sp³-hybridized carbons (Fsp3) is 0.250. The lowest BCUT2D eigenvalue weighted by Gasteiger charge is -2.03. The van der Waals surface area contributed by atoms with E-state index in [0.29, 0.717) is 11.4 Å². The van der Waals surface area contributed by atoms with Crippen LogP contribution in [-0.4, -0.2) is 9.78 Å². The number of nitrogens with zero attached hydrogens (tertiary/aromatic N) is 1. The summed E-state index contributed by atoms with van der Waals surface area (Å²) in [5, 5.41) is 2.94. The van der Waals surface area contributed by atoms with Gasteiger partial charge >= 0.3 is 0 Å². The molecule has 0 saturated carbocycles. The SMILES string of the molecule is CC(C)c1[nH]n(-c2ccc(F)cc2)c(=O)c1N. The predicted molar refractivity (Wildman–Crippen MR) is 64.8 cm³/mol. The Morgan fingerprint density at radius 3 is 2.35 bits per heavy atom. The Morgan fingerprint density at radius 1 is 1.29 bits per heavy atom. The minimum absolute atomic E-state index is 0.129. The van der Waals surface area contributed by atoms with Crippen molar-refractivity contribution in [2.24, 2.45) is 0 Å². The van der Waals surface area contributed by atoms with Crippen LogP contribution in [0.2, 0.25) is 0 Å². The largest absolute Gasteiger partial charge is 0.393 e. The van der Waals surface area contributed by atoms with Crippen LogP contribution in [0.1, 0.15) is 25.5 Å². The summed E-state index contributed by atoms with van der Waals surface area (Å²) in [4.78, 5) is 11.9. The molecule has 3 N–H and O–H groups in total. The van der Waals surface area contributed by atoms with Gasteiger partial charge in [-0.25, -0.2) is 9.07 Å². The molecule has 0 bridgehead atoms. The van der Waals surface area contributed by atoms with Crippen LogP contribution < -0.4 is 11.3 Å². The molecule has 0 radical (unpaired) electrons. The molecule has 0 unspecified atom stereocenters. The lowest BCUT2D eigenvalue weighted by atomic mass is 10.1. The maximum Gasteiger partial charge on any atom is 0.294 e. The van der Waals surface area contributed by atoms with Crippen LogP contribution in [0.5, 0.6) is 0 Å². The topological polar surface area (TPSA) is 63.8 Å². The molecule has 0 aliphatic rings. The quantitative estimate of drug-likeness (QED) is 0.836. The molecule has 1 heterocycles. The number of aromatic nitrogens is 2. The predicted octanol–water partition coefficient (Wildman–Crippen LogP) is 2.01. The van der Waals surface area contributed by atoms with Gasteiger partial charge in [0.2, 0.25) is 0 Å². The molecule has 5 heteroatoms. The Labute approximate surface area is 97.9 Å². The number of halogens is 1. The zero-order valence-electron chi connectivity index (χ0n) is 9.70. The van der Waals surface area contributed by atoms with Crippen molar-refractivity contribution in [1.29, 1.82) is 0 Å². The molecule has 90 valence electrons. The van der Waals surface area contributed by atoms with Gasteiger partial charge in [0.15, 0.2) is 0 Å².